The van der Waals surface area contributed by atoms with Gasteiger partial charge in [0.15, 0.2) is 28.8 Å². The lowest BCUT2D eigenvalue weighted by Crippen LogP contribution is -2.48. The molecule has 0 aromatic heterocycles. The molecule has 3 atom stereocenters. The van der Waals surface area contributed by atoms with E-state index in [0.717, 1.165) is 11.3 Å². The van der Waals surface area contributed by atoms with Crippen molar-refractivity contribution in [2.24, 2.45) is 5.41 Å². The van der Waals surface area contributed by atoms with Gasteiger partial charge in [0.25, 0.3) is 0 Å². The zero-order chi connectivity index (χ0) is 29.2. The molecule has 1 aliphatic carbocycles. The van der Waals surface area contributed by atoms with Crippen molar-refractivity contribution in [2.45, 2.75) is 18.0 Å². The van der Waals surface area contributed by atoms with Crippen LogP contribution in [-0.2, 0) is 0 Å². The normalized spacial score (nSPS) is 21.2. The van der Waals surface area contributed by atoms with Crippen LogP contribution < -0.4 is 14.4 Å². The number of carbonyl (C=O) groups excluding carboxylic acids is 3. The Morgan fingerprint density at radius 1 is 0.833 bits per heavy atom. The largest absolute Gasteiger partial charge is 0.493 e. The zero-order valence-electron chi connectivity index (χ0n) is 22.9. The van der Waals surface area contributed by atoms with Crippen LogP contribution in [0.5, 0.6) is 11.5 Å². The Morgan fingerprint density at radius 3 is 2.19 bits per heavy atom. The summed E-state index contributed by atoms with van der Waals surface area (Å²) in [5.74, 6) is -0.915. The average Bonchev–Trinajstić information content (AvgIpc) is 3.46. The van der Waals surface area contributed by atoms with Gasteiger partial charge in [0.05, 0.1) is 20.3 Å². The molecule has 0 radical (unpaired) electrons. The third-order valence-corrected chi connectivity index (χ3v) is 9.10. The summed E-state index contributed by atoms with van der Waals surface area (Å²) in [6, 6.07) is 25.0. The van der Waals surface area contributed by atoms with Crippen LogP contribution in [0.15, 0.2) is 97.1 Å². The lowest BCUT2D eigenvalue weighted by molar-refractivity contribution is 0.0664. The Hall–Kier alpha value is -4.68. The number of fused-ring (bicyclic) bond motifs is 5. The van der Waals surface area contributed by atoms with Crippen LogP contribution in [0.3, 0.4) is 0 Å². The Bertz CT molecular complexity index is 1780. The smallest absolute Gasteiger partial charge is 0.185 e. The van der Waals surface area contributed by atoms with Crippen molar-refractivity contribution in [3.63, 3.8) is 0 Å². The molecule has 1 fully saturated rings. The summed E-state index contributed by atoms with van der Waals surface area (Å²) in [5, 5.41) is 0.545. The van der Waals surface area contributed by atoms with Gasteiger partial charge in [-0.3, -0.25) is 14.4 Å². The predicted molar refractivity (Wildman–Crippen MR) is 161 cm³/mol. The van der Waals surface area contributed by atoms with Gasteiger partial charge in [0, 0.05) is 38.9 Å². The first-order valence-electron chi connectivity index (χ1n) is 13.7. The number of rotatable bonds is 5. The van der Waals surface area contributed by atoms with Crippen molar-refractivity contribution in [1.29, 1.82) is 0 Å². The molecule has 0 unspecified atom stereocenters. The number of halogens is 1. The fourth-order valence-electron chi connectivity index (χ4n) is 7.22. The summed E-state index contributed by atoms with van der Waals surface area (Å²) in [4.78, 5) is 46.3. The molecule has 2 heterocycles. The summed E-state index contributed by atoms with van der Waals surface area (Å²) in [6.45, 7) is 0. The average molecular weight is 576 g/mol. The van der Waals surface area contributed by atoms with Crippen molar-refractivity contribution in [3.8, 4) is 11.5 Å². The van der Waals surface area contributed by atoms with E-state index in [-0.39, 0.29) is 17.3 Å². The fraction of sp³-hybridized carbons (Fsp3) is 0.171. The number of hydrogen-bond acceptors (Lipinski definition) is 6. The summed E-state index contributed by atoms with van der Waals surface area (Å²) in [6.07, 6.45) is 3.77. The highest BCUT2D eigenvalue weighted by Crippen LogP contribution is 2.62. The molecule has 42 heavy (non-hydrogen) atoms. The van der Waals surface area contributed by atoms with E-state index >= 15 is 0 Å². The quantitative estimate of drug-likeness (QED) is 0.195. The molecule has 1 saturated heterocycles. The maximum atomic E-state index is 14.8. The fourth-order valence-corrected chi connectivity index (χ4v) is 7.40. The lowest BCUT2D eigenvalue weighted by atomic mass is 9.64. The molecule has 0 bridgehead atoms. The Kier molecular flexibility index (Phi) is 6.06. The van der Waals surface area contributed by atoms with Crippen LogP contribution in [0.25, 0.3) is 6.08 Å². The maximum absolute atomic E-state index is 14.8. The minimum Gasteiger partial charge on any atom is -0.493 e. The predicted octanol–water partition coefficient (Wildman–Crippen LogP) is 6.67. The van der Waals surface area contributed by atoms with Gasteiger partial charge >= 0.3 is 0 Å². The van der Waals surface area contributed by atoms with Crippen molar-refractivity contribution < 1.29 is 23.9 Å². The van der Waals surface area contributed by atoms with E-state index in [1.807, 2.05) is 53.5 Å². The van der Waals surface area contributed by atoms with Crippen molar-refractivity contribution in [3.05, 3.63) is 130 Å². The van der Waals surface area contributed by atoms with Crippen molar-refractivity contribution >= 4 is 40.7 Å². The number of nitrogens with zero attached hydrogens (tertiary/aromatic N) is 1. The Labute approximate surface area is 248 Å². The van der Waals surface area contributed by atoms with Crippen LogP contribution >= 0.6 is 11.6 Å². The van der Waals surface area contributed by atoms with Gasteiger partial charge < -0.3 is 14.4 Å². The van der Waals surface area contributed by atoms with Crippen LogP contribution in [0.2, 0.25) is 5.02 Å². The van der Waals surface area contributed by atoms with Gasteiger partial charge in [-0.1, -0.05) is 90.5 Å². The molecule has 4 aromatic carbocycles. The van der Waals surface area contributed by atoms with Gasteiger partial charge in [-0.2, -0.15) is 0 Å². The van der Waals surface area contributed by atoms with E-state index in [1.165, 1.54) is 14.2 Å². The minimum absolute atomic E-state index is 0.208. The number of carbonyl (C=O) groups is 3. The zero-order valence-corrected chi connectivity index (χ0v) is 23.7. The topological polar surface area (TPSA) is 72.9 Å². The molecule has 0 saturated carbocycles. The van der Waals surface area contributed by atoms with Crippen molar-refractivity contribution in [1.82, 2.24) is 0 Å². The second-order valence-corrected chi connectivity index (χ2v) is 11.2. The van der Waals surface area contributed by atoms with Crippen LogP contribution in [0, 0.1) is 5.41 Å². The van der Waals surface area contributed by atoms with E-state index in [4.69, 9.17) is 21.1 Å². The van der Waals surface area contributed by atoms with Gasteiger partial charge in [0.1, 0.15) is 11.5 Å². The summed E-state index contributed by atoms with van der Waals surface area (Å²) >= 11 is 6.38. The van der Waals surface area contributed by atoms with Crippen molar-refractivity contribution in [2.75, 3.05) is 19.1 Å². The Balaban J connectivity index is 1.59. The van der Waals surface area contributed by atoms with Gasteiger partial charge in [0.2, 0.25) is 0 Å². The van der Waals surface area contributed by atoms with E-state index in [9.17, 15) is 14.4 Å². The molecule has 3 aliphatic rings. The number of methoxy groups -OCH3 is 2. The molecule has 0 amide bonds. The van der Waals surface area contributed by atoms with Gasteiger partial charge in [-0.25, -0.2) is 0 Å². The minimum atomic E-state index is -1.65. The van der Waals surface area contributed by atoms with Crippen LogP contribution in [-0.4, -0.2) is 43.7 Å². The molecule has 4 aromatic rings. The first kappa shape index (κ1) is 26.2. The number of para-hydroxylation sites is 1. The van der Waals surface area contributed by atoms with Crippen LogP contribution in [0.4, 0.5) is 5.69 Å². The van der Waals surface area contributed by atoms with E-state index in [1.54, 1.807) is 54.6 Å². The number of Topliss-reactive ketones (excluding diaryl/α,β-unsaturated/α-hetero) is 3. The van der Waals surface area contributed by atoms with Gasteiger partial charge in [-0.05, 0) is 29.8 Å². The molecule has 7 heteroatoms. The third-order valence-electron chi connectivity index (χ3n) is 8.86. The molecular weight excluding hydrogens is 550 g/mol. The first-order valence-corrected chi connectivity index (χ1v) is 14.1. The number of benzene rings is 4. The van der Waals surface area contributed by atoms with E-state index in [2.05, 4.69) is 0 Å². The maximum Gasteiger partial charge on any atom is 0.185 e. The van der Waals surface area contributed by atoms with E-state index < -0.39 is 23.4 Å². The summed E-state index contributed by atoms with van der Waals surface area (Å²) < 4.78 is 11.5. The SMILES string of the molecule is COc1cccc([C@@H]2[C@@H](C(=O)c3ccccc3)N3c4ccc(Cl)cc4C=C[C@H]3C23C(=O)c2ccccc2C3=O)c1OC. The summed E-state index contributed by atoms with van der Waals surface area (Å²) in [7, 11) is 3.06. The molecular formula is C35H26ClNO5. The van der Waals surface area contributed by atoms with E-state index in [0.29, 0.717) is 38.8 Å². The standard InChI is InChI=1S/C35H26ClNO5/c1-41-27-14-8-13-25(32(27)42-2)29-30(31(38)20-9-4-3-5-10-20)37-26-17-16-22(36)19-21(26)15-18-28(37)35(29)33(39)23-11-6-7-12-24(23)34(35)40/h3-19,28-30H,1-2H3/t28-,29+,30-/m0/s1. The van der Waals surface area contributed by atoms with Gasteiger partial charge in [-0.15, -0.1) is 0 Å². The highest BCUT2D eigenvalue weighted by atomic mass is 35.5. The Morgan fingerprint density at radius 2 is 1.52 bits per heavy atom. The molecule has 0 N–H and O–H groups in total. The molecule has 6 nitrogen and oxygen atoms in total. The highest BCUT2D eigenvalue weighted by molar-refractivity contribution is 6.33. The number of anilines is 1. The summed E-state index contributed by atoms with van der Waals surface area (Å²) in [5.41, 5.74) is 1.63. The molecule has 7 rings (SSSR count). The monoisotopic (exact) mass is 575 g/mol. The number of ketones is 3. The second-order valence-electron chi connectivity index (χ2n) is 10.7. The lowest BCUT2D eigenvalue weighted by Gasteiger charge is -2.37. The number of ether oxygens (including phenoxy) is 2. The molecule has 208 valence electrons. The third kappa shape index (κ3) is 3.42. The second kappa shape index (κ2) is 9.71. The molecule has 1 spiro atoms. The first-order chi connectivity index (χ1) is 20.4. The highest BCUT2D eigenvalue weighted by Gasteiger charge is 2.72. The number of hydrogen-bond donors (Lipinski definition) is 0. The molecule has 2 aliphatic heterocycles. The van der Waals surface area contributed by atoms with Crippen LogP contribution in [0.1, 0.15) is 48.1 Å².